The molecule has 0 spiro atoms. The van der Waals surface area contributed by atoms with Gasteiger partial charge in [0.1, 0.15) is 17.0 Å². The molecule has 3 rings (SSSR count). The van der Waals surface area contributed by atoms with Crippen LogP contribution in [0.25, 0.3) is 22.4 Å². The average molecular weight is 257 g/mol. The van der Waals surface area contributed by atoms with Crippen molar-refractivity contribution in [2.75, 3.05) is 0 Å². The second kappa shape index (κ2) is 4.20. The Balaban J connectivity index is 2.38. The van der Waals surface area contributed by atoms with Crippen molar-refractivity contribution < 1.29 is 18.7 Å². The molecular formula is C14H8FNO3. The molecule has 2 aromatic heterocycles. The third-order valence-electron chi connectivity index (χ3n) is 2.79. The maximum Gasteiger partial charge on any atom is 0.336 e. The summed E-state index contributed by atoms with van der Waals surface area (Å²) >= 11 is 0. The van der Waals surface area contributed by atoms with Gasteiger partial charge in [0, 0.05) is 5.39 Å². The van der Waals surface area contributed by atoms with Crippen molar-refractivity contribution in [1.82, 2.24) is 4.98 Å². The fourth-order valence-corrected chi connectivity index (χ4v) is 1.94. The number of rotatable bonds is 2. The first-order valence-corrected chi connectivity index (χ1v) is 5.53. The zero-order valence-corrected chi connectivity index (χ0v) is 9.63. The highest BCUT2D eigenvalue weighted by Gasteiger charge is 2.15. The molecule has 0 aliphatic rings. The highest BCUT2D eigenvalue weighted by molar-refractivity contribution is 6.03. The van der Waals surface area contributed by atoms with E-state index in [1.54, 1.807) is 12.1 Å². The summed E-state index contributed by atoms with van der Waals surface area (Å²) in [7, 11) is 0. The minimum absolute atomic E-state index is 0.00380. The number of hydrogen-bond acceptors (Lipinski definition) is 3. The standard InChI is InChI=1S/C14H8FNO3/c15-10-4-1-3-8-9(14(17)18)7-11(16-13(8)10)12-5-2-6-19-12/h1-7H,(H,17,18). The molecule has 0 saturated heterocycles. The van der Waals surface area contributed by atoms with E-state index in [2.05, 4.69) is 4.98 Å². The van der Waals surface area contributed by atoms with Crippen LogP contribution in [0.2, 0.25) is 0 Å². The first-order valence-electron chi connectivity index (χ1n) is 5.53. The third-order valence-corrected chi connectivity index (χ3v) is 2.79. The van der Waals surface area contributed by atoms with Gasteiger partial charge in [-0.15, -0.1) is 0 Å². The summed E-state index contributed by atoms with van der Waals surface area (Å²) < 4.78 is 18.9. The number of halogens is 1. The van der Waals surface area contributed by atoms with Crippen LogP contribution >= 0.6 is 0 Å². The van der Waals surface area contributed by atoms with Crippen LogP contribution in [-0.2, 0) is 0 Å². The second-order valence-electron chi connectivity index (χ2n) is 3.97. The van der Waals surface area contributed by atoms with E-state index in [9.17, 15) is 14.3 Å². The first-order chi connectivity index (χ1) is 9.16. The van der Waals surface area contributed by atoms with Gasteiger partial charge in [-0.25, -0.2) is 14.2 Å². The van der Waals surface area contributed by atoms with E-state index in [-0.39, 0.29) is 16.5 Å². The van der Waals surface area contributed by atoms with Crippen molar-refractivity contribution in [3.05, 3.63) is 54.0 Å². The quantitative estimate of drug-likeness (QED) is 0.764. The number of hydrogen-bond donors (Lipinski definition) is 1. The average Bonchev–Trinajstić information content (AvgIpc) is 2.92. The molecule has 0 saturated carbocycles. The van der Waals surface area contributed by atoms with Gasteiger partial charge >= 0.3 is 5.97 Å². The predicted molar refractivity (Wildman–Crippen MR) is 66.4 cm³/mol. The molecular weight excluding hydrogens is 249 g/mol. The lowest BCUT2D eigenvalue weighted by Crippen LogP contribution is -2.01. The summed E-state index contributed by atoms with van der Waals surface area (Å²) in [6, 6.07) is 8.90. The van der Waals surface area contributed by atoms with Gasteiger partial charge in [0.05, 0.1) is 11.8 Å². The molecule has 2 heterocycles. The van der Waals surface area contributed by atoms with Crippen molar-refractivity contribution in [2.45, 2.75) is 0 Å². The lowest BCUT2D eigenvalue weighted by Gasteiger charge is -2.05. The van der Waals surface area contributed by atoms with Crippen molar-refractivity contribution in [1.29, 1.82) is 0 Å². The largest absolute Gasteiger partial charge is 0.478 e. The van der Waals surface area contributed by atoms with Crippen LogP contribution in [0.1, 0.15) is 10.4 Å². The van der Waals surface area contributed by atoms with E-state index in [0.717, 1.165) is 0 Å². The molecule has 0 aliphatic heterocycles. The van der Waals surface area contributed by atoms with E-state index in [1.165, 1.54) is 30.5 Å². The molecule has 0 unspecified atom stereocenters. The fourth-order valence-electron chi connectivity index (χ4n) is 1.94. The number of carbonyl (C=O) groups is 1. The molecule has 0 bridgehead atoms. The maximum atomic E-state index is 13.8. The number of carboxylic acid groups (broad SMARTS) is 1. The molecule has 0 aliphatic carbocycles. The number of nitrogens with zero attached hydrogens (tertiary/aromatic N) is 1. The number of fused-ring (bicyclic) bond motifs is 1. The summed E-state index contributed by atoms with van der Waals surface area (Å²) in [5.74, 6) is -1.30. The number of furan rings is 1. The molecule has 3 aromatic rings. The number of aromatic nitrogens is 1. The Morgan fingerprint density at radius 2 is 2.11 bits per heavy atom. The summed E-state index contributed by atoms with van der Waals surface area (Å²) in [6.45, 7) is 0. The predicted octanol–water partition coefficient (Wildman–Crippen LogP) is 3.33. The number of benzene rings is 1. The van der Waals surface area contributed by atoms with Crippen molar-refractivity contribution in [3.8, 4) is 11.5 Å². The molecule has 19 heavy (non-hydrogen) atoms. The molecule has 94 valence electrons. The highest BCUT2D eigenvalue weighted by atomic mass is 19.1. The van der Waals surface area contributed by atoms with E-state index in [4.69, 9.17) is 4.42 Å². The van der Waals surface area contributed by atoms with Gasteiger partial charge in [-0.3, -0.25) is 0 Å². The second-order valence-corrected chi connectivity index (χ2v) is 3.97. The summed E-state index contributed by atoms with van der Waals surface area (Å²) in [5, 5.41) is 9.48. The Kier molecular flexibility index (Phi) is 2.52. The van der Waals surface area contributed by atoms with Crippen LogP contribution in [0.3, 0.4) is 0 Å². The zero-order valence-electron chi connectivity index (χ0n) is 9.63. The first kappa shape index (κ1) is 11.4. The Labute approximate surface area is 107 Å². The lowest BCUT2D eigenvalue weighted by atomic mass is 10.1. The number of pyridine rings is 1. The smallest absolute Gasteiger partial charge is 0.336 e. The molecule has 0 fully saturated rings. The Morgan fingerprint density at radius 1 is 1.26 bits per heavy atom. The van der Waals surface area contributed by atoms with Gasteiger partial charge in [0.15, 0.2) is 5.76 Å². The number of aromatic carboxylic acids is 1. The fraction of sp³-hybridized carbons (Fsp3) is 0. The van der Waals surface area contributed by atoms with Gasteiger partial charge in [-0.05, 0) is 24.3 Å². The summed E-state index contributed by atoms with van der Waals surface area (Å²) in [6.07, 6.45) is 1.45. The Morgan fingerprint density at radius 3 is 2.79 bits per heavy atom. The molecule has 1 N–H and O–H groups in total. The van der Waals surface area contributed by atoms with Crippen LogP contribution < -0.4 is 0 Å². The zero-order chi connectivity index (χ0) is 13.4. The SMILES string of the molecule is O=C(O)c1cc(-c2ccco2)nc2c(F)cccc12. The van der Waals surface area contributed by atoms with Gasteiger partial charge in [-0.1, -0.05) is 12.1 Å². The van der Waals surface area contributed by atoms with Crippen LogP contribution in [0.4, 0.5) is 4.39 Å². The van der Waals surface area contributed by atoms with Crippen LogP contribution in [0.5, 0.6) is 0 Å². The van der Waals surface area contributed by atoms with Gasteiger partial charge in [0.25, 0.3) is 0 Å². The molecule has 5 heteroatoms. The molecule has 1 aromatic carbocycles. The maximum absolute atomic E-state index is 13.8. The summed E-state index contributed by atoms with van der Waals surface area (Å²) in [4.78, 5) is 15.4. The van der Waals surface area contributed by atoms with Gasteiger partial charge in [0.2, 0.25) is 0 Å². The third kappa shape index (κ3) is 1.85. The Hall–Kier alpha value is -2.69. The van der Waals surface area contributed by atoms with E-state index in [0.29, 0.717) is 11.5 Å². The van der Waals surface area contributed by atoms with Crippen molar-refractivity contribution in [3.63, 3.8) is 0 Å². The summed E-state index contributed by atoms with van der Waals surface area (Å²) in [5.41, 5.74) is 0.310. The highest BCUT2D eigenvalue weighted by Crippen LogP contribution is 2.26. The van der Waals surface area contributed by atoms with Crippen LogP contribution in [0.15, 0.2) is 47.1 Å². The van der Waals surface area contributed by atoms with Gasteiger partial charge < -0.3 is 9.52 Å². The Bertz CT molecular complexity index is 766. The minimum Gasteiger partial charge on any atom is -0.478 e. The van der Waals surface area contributed by atoms with E-state index >= 15 is 0 Å². The molecule has 0 radical (unpaired) electrons. The van der Waals surface area contributed by atoms with E-state index < -0.39 is 11.8 Å². The lowest BCUT2D eigenvalue weighted by molar-refractivity contribution is 0.0699. The van der Waals surface area contributed by atoms with Gasteiger partial charge in [-0.2, -0.15) is 0 Å². The number of carboxylic acids is 1. The van der Waals surface area contributed by atoms with Crippen LogP contribution in [0, 0.1) is 5.82 Å². The normalized spacial score (nSPS) is 10.8. The van der Waals surface area contributed by atoms with E-state index in [1.807, 2.05) is 0 Å². The molecule has 0 amide bonds. The minimum atomic E-state index is -1.13. The molecule has 0 atom stereocenters. The molecule has 4 nitrogen and oxygen atoms in total. The number of para-hydroxylation sites is 1. The van der Waals surface area contributed by atoms with Crippen molar-refractivity contribution >= 4 is 16.9 Å². The van der Waals surface area contributed by atoms with Crippen LogP contribution in [-0.4, -0.2) is 16.1 Å². The monoisotopic (exact) mass is 257 g/mol. The topological polar surface area (TPSA) is 63.3 Å². The van der Waals surface area contributed by atoms with Crippen molar-refractivity contribution in [2.24, 2.45) is 0 Å².